The highest BCUT2D eigenvalue weighted by molar-refractivity contribution is 5.78. The van der Waals surface area contributed by atoms with Crippen LogP contribution in [0.2, 0.25) is 0 Å². The average molecular weight is 326 g/mol. The third kappa shape index (κ3) is 2.81. The van der Waals surface area contributed by atoms with Crippen LogP contribution < -0.4 is 5.56 Å². The summed E-state index contributed by atoms with van der Waals surface area (Å²) in [7, 11) is 0. The molecule has 2 aliphatic rings. The van der Waals surface area contributed by atoms with Gasteiger partial charge in [-0.05, 0) is 36.8 Å². The Hall–Kier alpha value is -2.24. The Bertz CT molecular complexity index is 816. The van der Waals surface area contributed by atoms with Gasteiger partial charge in [0.05, 0.1) is 5.39 Å². The molecule has 6 heteroatoms. The van der Waals surface area contributed by atoms with Gasteiger partial charge in [0.25, 0.3) is 5.56 Å². The van der Waals surface area contributed by atoms with Crippen molar-refractivity contribution in [1.82, 2.24) is 19.9 Å². The second-order valence-corrected chi connectivity index (χ2v) is 7.00. The second kappa shape index (κ2) is 6.34. The van der Waals surface area contributed by atoms with Gasteiger partial charge in [0, 0.05) is 13.1 Å². The Morgan fingerprint density at radius 3 is 2.79 bits per heavy atom. The van der Waals surface area contributed by atoms with Crippen LogP contribution in [-0.4, -0.2) is 38.9 Å². The SMILES string of the molecule is O=C(Cn1nnc2ccccc2c1=O)N1CC[C@@H]2CCCC[C@@H]2C1. The number of hydrogen-bond donors (Lipinski definition) is 0. The molecule has 1 amide bonds. The van der Waals surface area contributed by atoms with E-state index in [2.05, 4.69) is 10.3 Å². The molecule has 1 aliphatic heterocycles. The molecule has 0 bridgehead atoms. The molecule has 126 valence electrons. The highest BCUT2D eigenvalue weighted by atomic mass is 16.2. The lowest BCUT2D eigenvalue weighted by atomic mass is 9.75. The normalized spacial score (nSPS) is 23.9. The number of likely N-dealkylation sites (tertiary alicyclic amines) is 1. The minimum atomic E-state index is -0.249. The summed E-state index contributed by atoms with van der Waals surface area (Å²) in [5.74, 6) is 1.40. The first-order chi connectivity index (χ1) is 11.7. The number of aromatic nitrogens is 3. The van der Waals surface area contributed by atoms with Crippen molar-refractivity contribution < 1.29 is 4.79 Å². The molecule has 0 N–H and O–H groups in total. The number of benzene rings is 1. The lowest BCUT2D eigenvalue weighted by molar-refractivity contribution is -0.135. The van der Waals surface area contributed by atoms with E-state index in [1.165, 1.54) is 30.4 Å². The van der Waals surface area contributed by atoms with Gasteiger partial charge >= 0.3 is 0 Å². The van der Waals surface area contributed by atoms with E-state index in [0.717, 1.165) is 25.4 Å². The summed E-state index contributed by atoms with van der Waals surface area (Å²) in [5.41, 5.74) is 0.315. The Kier molecular flexibility index (Phi) is 4.04. The minimum absolute atomic E-state index is 0.0198. The minimum Gasteiger partial charge on any atom is -0.341 e. The van der Waals surface area contributed by atoms with Crippen LogP contribution in [0.1, 0.15) is 32.1 Å². The molecule has 2 atom stereocenters. The van der Waals surface area contributed by atoms with Gasteiger partial charge in [-0.25, -0.2) is 4.68 Å². The van der Waals surface area contributed by atoms with E-state index in [4.69, 9.17) is 0 Å². The zero-order chi connectivity index (χ0) is 16.5. The monoisotopic (exact) mass is 326 g/mol. The standard InChI is InChI=1S/C18H22N4O2/c23-17(21-10-9-13-5-1-2-6-14(13)11-21)12-22-18(24)15-7-3-4-8-16(15)19-20-22/h3-4,7-8,13-14H,1-2,5-6,9-12H2/t13-,14+/m0/s1. The summed E-state index contributed by atoms with van der Waals surface area (Å²) in [5, 5.41) is 8.48. The smallest absolute Gasteiger partial charge is 0.278 e. The summed E-state index contributed by atoms with van der Waals surface area (Å²) in [4.78, 5) is 27.0. The third-order valence-electron chi connectivity index (χ3n) is 5.56. The summed E-state index contributed by atoms with van der Waals surface area (Å²) >= 11 is 0. The first-order valence-electron chi connectivity index (χ1n) is 8.82. The number of piperidine rings is 1. The summed E-state index contributed by atoms with van der Waals surface area (Å²) < 4.78 is 1.19. The van der Waals surface area contributed by atoms with Crippen LogP contribution >= 0.6 is 0 Å². The summed E-state index contributed by atoms with van der Waals surface area (Å²) in [6.07, 6.45) is 6.23. The van der Waals surface area contributed by atoms with E-state index >= 15 is 0 Å². The average Bonchev–Trinajstić information content (AvgIpc) is 2.64. The molecule has 2 fully saturated rings. The maximum absolute atomic E-state index is 12.6. The van der Waals surface area contributed by atoms with Gasteiger partial charge in [0.2, 0.25) is 5.91 Å². The lowest BCUT2D eigenvalue weighted by Gasteiger charge is -2.41. The maximum Gasteiger partial charge on any atom is 0.278 e. The number of carbonyl (C=O) groups excluding carboxylic acids is 1. The summed E-state index contributed by atoms with van der Waals surface area (Å²) in [6.45, 7) is 1.61. The van der Waals surface area contributed by atoms with Gasteiger partial charge in [-0.3, -0.25) is 9.59 Å². The zero-order valence-electron chi connectivity index (χ0n) is 13.7. The molecule has 1 aromatic heterocycles. The van der Waals surface area contributed by atoms with Crippen LogP contribution in [0, 0.1) is 11.8 Å². The lowest BCUT2D eigenvalue weighted by Crippen LogP contribution is -2.46. The maximum atomic E-state index is 12.6. The number of amides is 1. The van der Waals surface area contributed by atoms with Gasteiger partial charge in [-0.2, -0.15) is 0 Å². The predicted molar refractivity (Wildman–Crippen MR) is 90.4 cm³/mol. The van der Waals surface area contributed by atoms with Crippen molar-refractivity contribution in [3.8, 4) is 0 Å². The molecule has 2 heterocycles. The number of carbonyl (C=O) groups is 1. The molecule has 1 aliphatic carbocycles. The Labute approximate surface area is 140 Å². The van der Waals surface area contributed by atoms with Gasteiger partial charge in [0.1, 0.15) is 12.1 Å². The molecule has 0 radical (unpaired) electrons. The van der Waals surface area contributed by atoms with Crippen LogP contribution in [0.5, 0.6) is 0 Å². The molecule has 24 heavy (non-hydrogen) atoms. The third-order valence-corrected chi connectivity index (χ3v) is 5.56. The fourth-order valence-corrected chi connectivity index (χ4v) is 4.18. The van der Waals surface area contributed by atoms with Crippen molar-refractivity contribution in [3.05, 3.63) is 34.6 Å². The van der Waals surface area contributed by atoms with E-state index in [1.54, 1.807) is 18.2 Å². The topological polar surface area (TPSA) is 68.1 Å². The number of fused-ring (bicyclic) bond motifs is 2. The first-order valence-corrected chi connectivity index (χ1v) is 8.82. The first kappa shape index (κ1) is 15.3. The molecule has 1 aromatic carbocycles. The predicted octanol–water partition coefficient (Wildman–Crippen LogP) is 1.83. The van der Waals surface area contributed by atoms with Crippen LogP contribution in [0.15, 0.2) is 29.1 Å². The Morgan fingerprint density at radius 1 is 1.12 bits per heavy atom. The molecule has 4 rings (SSSR count). The van der Waals surface area contributed by atoms with Crippen molar-refractivity contribution in [2.75, 3.05) is 13.1 Å². The van der Waals surface area contributed by atoms with Gasteiger partial charge in [-0.15, -0.1) is 5.10 Å². The van der Waals surface area contributed by atoms with Crippen LogP contribution in [0.25, 0.3) is 10.9 Å². The van der Waals surface area contributed by atoms with Gasteiger partial charge in [-0.1, -0.05) is 36.6 Å². The van der Waals surface area contributed by atoms with E-state index in [0.29, 0.717) is 16.8 Å². The number of rotatable bonds is 2. The van der Waals surface area contributed by atoms with Crippen molar-refractivity contribution in [2.24, 2.45) is 11.8 Å². The van der Waals surface area contributed by atoms with E-state index in [9.17, 15) is 9.59 Å². The molecular formula is C18H22N4O2. The highest BCUT2D eigenvalue weighted by Crippen LogP contribution is 2.36. The van der Waals surface area contributed by atoms with Crippen LogP contribution in [0.4, 0.5) is 0 Å². The largest absolute Gasteiger partial charge is 0.341 e. The van der Waals surface area contributed by atoms with E-state index in [1.807, 2.05) is 11.0 Å². The molecule has 0 spiro atoms. The molecule has 1 saturated heterocycles. The zero-order valence-corrected chi connectivity index (χ0v) is 13.7. The summed E-state index contributed by atoms with van der Waals surface area (Å²) in [6, 6.07) is 7.09. The van der Waals surface area contributed by atoms with Crippen molar-refractivity contribution in [1.29, 1.82) is 0 Å². The Balaban J connectivity index is 1.50. The Morgan fingerprint density at radius 2 is 1.92 bits per heavy atom. The number of hydrogen-bond acceptors (Lipinski definition) is 4. The van der Waals surface area contributed by atoms with Crippen molar-refractivity contribution in [2.45, 2.75) is 38.6 Å². The fourth-order valence-electron chi connectivity index (χ4n) is 4.18. The quantitative estimate of drug-likeness (QED) is 0.844. The van der Waals surface area contributed by atoms with Crippen LogP contribution in [-0.2, 0) is 11.3 Å². The van der Waals surface area contributed by atoms with E-state index in [-0.39, 0.29) is 18.0 Å². The molecule has 2 aromatic rings. The van der Waals surface area contributed by atoms with Crippen LogP contribution in [0.3, 0.4) is 0 Å². The number of nitrogens with zero attached hydrogens (tertiary/aromatic N) is 4. The molecule has 6 nitrogen and oxygen atoms in total. The highest BCUT2D eigenvalue weighted by Gasteiger charge is 2.33. The molecule has 1 saturated carbocycles. The van der Waals surface area contributed by atoms with Crippen molar-refractivity contribution >= 4 is 16.8 Å². The van der Waals surface area contributed by atoms with Gasteiger partial charge in [0.15, 0.2) is 0 Å². The molecular weight excluding hydrogens is 304 g/mol. The van der Waals surface area contributed by atoms with E-state index < -0.39 is 0 Å². The van der Waals surface area contributed by atoms with Gasteiger partial charge < -0.3 is 4.90 Å². The molecule has 0 unspecified atom stereocenters. The fraction of sp³-hybridized carbons (Fsp3) is 0.556. The second-order valence-electron chi connectivity index (χ2n) is 7.00. The van der Waals surface area contributed by atoms with Crippen molar-refractivity contribution in [3.63, 3.8) is 0 Å².